The van der Waals surface area contributed by atoms with E-state index in [4.69, 9.17) is 0 Å². The Bertz CT molecular complexity index is 1340. The Labute approximate surface area is 174 Å². The molecule has 30 heavy (non-hydrogen) atoms. The molecular weight excluding hydrogens is 400 g/mol. The van der Waals surface area contributed by atoms with Crippen LogP contribution in [0.3, 0.4) is 0 Å². The van der Waals surface area contributed by atoms with Crippen molar-refractivity contribution in [3.63, 3.8) is 0 Å². The van der Waals surface area contributed by atoms with Gasteiger partial charge >= 0.3 is 0 Å². The van der Waals surface area contributed by atoms with E-state index < -0.39 is 9.84 Å². The summed E-state index contributed by atoms with van der Waals surface area (Å²) in [6.45, 7) is 4.10. The number of aryl methyl sites for hydroxylation is 2. The van der Waals surface area contributed by atoms with Crippen LogP contribution in [-0.2, 0) is 16.4 Å². The molecule has 2 aromatic carbocycles. The summed E-state index contributed by atoms with van der Waals surface area (Å²) in [4.78, 5) is 21.0. The Hall–Kier alpha value is -3.52. The lowest BCUT2D eigenvalue weighted by Gasteiger charge is -2.09. The zero-order chi connectivity index (χ0) is 21.3. The highest BCUT2D eigenvalue weighted by molar-refractivity contribution is 7.91. The first kappa shape index (κ1) is 19.8. The molecule has 0 bridgehead atoms. The Morgan fingerprint density at radius 2 is 1.73 bits per heavy atom. The first-order valence-corrected chi connectivity index (χ1v) is 10.8. The Balaban J connectivity index is 1.46. The minimum atomic E-state index is -3.59. The minimum absolute atomic E-state index is 0.218. The maximum Gasteiger partial charge on any atom is 0.254 e. The second-order valence-corrected chi connectivity index (χ2v) is 9.00. The molecule has 4 rings (SSSR count). The van der Waals surface area contributed by atoms with E-state index in [9.17, 15) is 13.2 Å². The van der Waals surface area contributed by atoms with Crippen LogP contribution in [0.2, 0.25) is 0 Å². The van der Waals surface area contributed by atoms with Gasteiger partial charge < -0.3 is 5.32 Å². The number of rotatable bonds is 5. The third kappa shape index (κ3) is 3.81. The largest absolute Gasteiger partial charge is 0.348 e. The number of aromatic nitrogens is 3. The van der Waals surface area contributed by atoms with Crippen LogP contribution in [0.25, 0.3) is 5.78 Å². The van der Waals surface area contributed by atoms with E-state index in [1.54, 1.807) is 59.4 Å². The molecule has 1 amide bonds. The van der Waals surface area contributed by atoms with Crippen LogP contribution >= 0.6 is 0 Å². The number of nitrogens with one attached hydrogen (secondary N) is 1. The molecule has 0 aliphatic heterocycles. The summed E-state index contributed by atoms with van der Waals surface area (Å²) in [6.07, 6.45) is 6.45. The molecule has 0 saturated carbocycles. The smallest absolute Gasteiger partial charge is 0.254 e. The Kier molecular flexibility index (Phi) is 5.09. The number of hydrogen-bond acceptors (Lipinski definition) is 5. The van der Waals surface area contributed by atoms with E-state index in [0.29, 0.717) is 11.3 Å². The fourth-order valence-corrected chi connectivity index (χ4v) is 4.37. The summed E-state index contributed by atoms with van der Waals surface area (Å²) < 4.78 is 27.4. The molecule has 4 aromatic rings. The van der Waals surface area contributed by atoms with E-state index in [1.165, 1.54) is 6.20 Å². The van der Waals surface area contributed by atoms with Crippen molar-refractivity contribution < 1.29 is 13.2 Å². The van der Waals surface area contributed by atoms with E-state index in [2.05, 4.69) is 15.3 Å². The monoisotopic (exact) mass is 420 g/mol. The van der Waals surface area contributed by atoms with Crippen molar-refractivity contribution >= 4 is 21.5 Å². The van der Waals surface area contributed by atoms with Gasteiger partial charge in [-0.15, -0.1) is 0 Å². The summed E-state index contributed by atoms with van der Waals surface area (Å²) in [5.41, 5.74) is 3.18. The number of carbonyl (C=O) groups excluding carboxylic acids is 1. The van der Waals surface area contributed by atoms with Gasteiger partial charge in [-0.1, -0.05) is 18.2 Å². The third-order valence-electron chi connectivity index (χ3n) is 4.98. The second kappa shape index (κ2) is 7.72. The summed E-state index contributed by atoms with van der Waals surface area (Å²) in [7, 11) is -3.59. The van der Waals surface area contributed by atoms with Crippen molar-refractivity contribution in [1.82, 2.24) is 19.7 Å². The maximum atomic E-state index is 12.9. The molecule has 0 atom stereocenters. The highest BCUT2D eigenvalue weighted by Crippen LogP contribution is 2.23. The average Bonchev–Trinajstić information content (AvgIpc) is 3.22. The van der Waals surface area contributed by atoms with Gasteiger partial charge in [0.05, 0.1) is 15.4 Å². The molecule has 7 nitrogen and oxygen atoms in total. The van der Waals surface area contributed by atoms with Crippen molar-refractivity contribution in [3.8, 4) is 0 Å². The molecule has 0 aliphatic rings. The summed E-state index contributed by atoms with van der Waals surface area (Å²) in [6, 6.07) is 11.6. The maximum absolute atomic E-state index is 12.9. The number of sulfone groups is 1. The van der Waals surface area contributed by atoms with E-state index in [1.807, 2.05) is 19.9 Å². The van der Waals surface area contributed by atoms with Crippen molar-refractivity contribution in [2.75, 3.05) is 0 Å². The molecule has 8 heteroatoms. The van der Waals surface area contributed by atoms with Gasteiger partial charge in [0.2, 0.25) is 15.6 Å². The van der Waals surface area contributed by atoms with Crippen molar-refractivity contribution in [3.05, 3.63) is 89.5 Å². The molecule has 2 heterocycles. The van der Waals surface area contributed by atoms with Crippen LogP contribution in [0.5, 0.6) is 0 Å². The van der Waals surface area contributed by atoms with Gasteiger partial charge in [0.25, 0.3) is 5.91 Å². The molecule has 0 saturated heterocycles. The molecule has 152 valence electrons. The zero-order valence-electron chi connectivity index (χ0n) is 16.5. The zero-order valence-corrected chi connectivity index (χ0v) is 17.3. The number of hydrogen-bond donors (Lipinski definition) is 1. The summed E-state index contributed by atoms with van der Waals surface area (Å²) >= 11 is 0. The van der Waals surface area contributed by atoms with Gasteiger partial charge in [-0.2, -0.15) is 0 Å². The number of benzene rings is 2. The van der Waals surface area contributed by atoms with Crippen LogP contribution in [0.4, 0.5) is 0 Å². The van der Waals surface area contributed by atoms with E-state index in [0.717, 1.165) is 16.7 Å². The highest BCUT2D eigenvalue weighted by atomic mass is 32.2. The molecule has 0 unspecified atom stereocenters. The molecular formula is C22H20N4O3S. The molecule has 2 aromatic heterocycles. The lowest BCUT2D eigenvalue weighted by Crippen LogP contribution is -2.23. The number of amides is 1. The van der Waals surface area contributed by atoms with Gasteiger partial charge in [-0.05, 0) is 54.8 Å². The number of nitrogens with zero attached hydrogens (tertiary/aromatic N) is 3. The molecule has 0 spiro atoms. The van der Waals surface area contributed by atoms with Crippen LogP contribution in [-0.4, -0.2) is 28.7 Å². The molecule has 0 radical (unpaired) electrons. The first-order valence-electron chi connectivity index (χ1n) is 9.33. The van der Waals surface area contributed by atoms with Crippen LogP contribution < -0.4 is 5.32 Å². The fraction of sp³-hybridized carbons (Fsp3) is 0.136. The summed E-state index contributed by atoms with van der Waals surface area (Å²) in [5, 5.41) is 2.81. The number of fused-ring (bicyclic) bond motifs is 1. The van der Waals surface area contributed by atoms with Gasteiger partial charge in [-0.25, -0.2) is 18.4 Å². The predicted molar refractivity (Wildman–Crippen MR) is 112 cm³/mol. The van der Waals surface area contributed by atoms with Gasteiger partial charge in [0, 0.05) is 31.3 Å². The Morgan fingerprint density at radius 3 is 2.47 bits per heavy atom. The minimum Gasteiger partial charge on any atom is -0.348 e. The van der Waals surface area contributed by atoms with E-state index >= 15 is 0 Å². The van der Waals surface area contributed by atoms with Gasteiger partial charge in [-0.3, -0.25) is 9.20 Å². The normalized spacial score (nSPS) is 11.5. The van der Waals surface area contributed by atoms with Crippen molar-refractivity contribution in [2.45, 2.75) is 30.2 Å². The highest BCUT2D eigenvalue weighted by Gasteiger charge is 2.18. The standard InChI is InChI=1S/C22H20N4O3S/c1-15-3-6-20(11-16(15)2)30(28,29)19-7-4-17(5-8-19)12-24-21(27)18-13-25-22-23-9-10-26(22)14-18/h3-11,13-14H,12H2,1-2H3,(H,24,27). The fourth-order valence-electron chi connectivity index (χ4n) is 3.02. The quantitative estimate of drug-likeness (QED) is 0.535. The van der Waals surface area contributed by atoms with Gasteiger partial charge in [0.15, 0.2) is 0 Å². The Morgan fingerprint density at radius 1 is 1.00 bits per heavy atom. The third-order valence-corrected chi connectivity index (χ3v) is 6.75. The second-order valence-electron chi connectivity index (χ2n) is 7.05. The molecule has 0 aliphatic carbocycles. The van der Waals surface area contributed by atoms with E-state index in [-0.39, 0.29) is 22.2 Å². The number of imidazole rings is 1. The average molecular weight is 420 g/mol. The van der Waals surface area contributed by atoms with Crippen LogP contribution in [0.1, 0.15) is 27.0 Å². The lowest BCUT2D eigenvalue weighted by molar-refractivity contribution is 0.0950. The number of carbonyl (C=O) groups is 1. The molecule has 0 fully saturated rings. The molecule has 1 N–H and O–H groups in total. The topological polar surface area (TPSA) is 93.4 Å². The summed E-state index contributed by atoms with van der Waals surface area (Å²) in [5.74, 6) is 0.247. The SMILES string of the molecule is Cc1ccc(S(=O)(=O)c2ccc(CNC(=O)c3cnc4nccn4c3)cc2)cc1C. The predicted octanol–water partition coefficient (Wildman–Crippen LogP) is 3.11. The van der Waals surface area contributed by atoms with Gasteiger partial charge in [0.1, 0.15) is 0 Å². The lowest BCUT2D eigenvalue weighted by atomic mass is 10.1. The van der Waals surface area contributed by atoms with Crippen molar-refractivity contribution in [2.24, 2.45) is 0 Å². The van der Waals surface area contributed by atoms with Crippen molar-refractivity contribution in [1.29, 1.82) is 0 Å². The first-order chi connectivity index (χ1) is 14.3. The van der Waals surface area contributed by atoms with Crippen LogP contribution in [0.15, 0.2) is 77.0 Å². The van der Waals surface area contributed by atoms with Crippen LogP contribution in [0, 0.1) is 13.8 Å².